The summed E-state index contributed by atoms with van der Waals surface area (Å²) in [6.45, 7) is 0.196. The Hall–Kier alpha value is -3.15. The number of carbonyl (C=O) groups is 1. The van der Waals surface area contributed by atoms with Crippen molar-refractivity contribution in [3.63, 3.8) is 0 Å². The first-order valence-electron chi connectivity index (χ1n) is 7.58. The fraction of sp³-hybridized carbons (Fsp3) is 0.211. The lowest BCUT2D eigenvalue weighted by Gasteiger charge is -2.11. The fourth-order valence-corrected chi connectivity index (χ4v) is 2.54. The van der Waals surface area contributed by atoms with Crippen molar-refractivity contribution < 1.29 is 28.5 Å². The van der Waals surface area contributed by atoms with Gasteiger partial charge in [-0.2, -0.15) is 0 Å². The smallest absolute Gasteiger partial charge is 0.338 e. The van der Waals surface area contributed by atoms with E-state index in [0.717, 1.165) is 5.56 Å². The summed E-state index contributed by atoms with van der Waals surface area (Å²) in [7, 11) is 4.44. The molecule has 130 valence electrons. The lowest BCUT2D eigenvalue weighted by atomic mass is 10.0. The fourth-order valence-electron chi connectivity index (χ4n) is 2.54. The molecule has 0 N–H and O–H groups in total. The molecule has 0 aliphatic carbocycles. The molecule has 2 aromatic rings. The van der Waals surface area contributed by atoms with Crippen LogP contribution in [0.5, 0.6) is 23.0 Å². The second-order valence-corrected chi connectivity index (χ2v) is 5.23. The molecule has 0 spiro atoms. The second kappa shape index (κ2) is 7.17. The Balaban J connectivity index is 2.04. The molecule has 0 saturated heterocycles. The maximum atomic E-state index is 12.3. The van der Waals surface area contributed by atoms with E-state index in [0.29, 0.717) is 34.1 Å². The molecule has 25 heavy (non-hydrogen) atoms. The zero-order valence-corrected chi connectivity index (χ0v) is 14.2. The van der Waals surface area contributed by atoms with Crippen molar-refractivity contribution in [1.82, 2.24) is 0 Å². The van der Waals surface area contributed by atoms with Crippen LogP contribution in [0.3, 0.4) is 0 Å². The van der Waals surface area contributed by atoms with Crippen molar-refractivity contribution in [1.29, 1.82) is 0 Å². The van der Waals surface area contributed by atoms with E-state index >= 15 is 0 Å². The van der Waals surface area contributed by atoms with Gasteiger partial charge in [-0.25, -0.2) is 4.79 Å². The standard InChI is InChI=1S/C19H18O6/c1-21-15-7-5-13(10-17(15)22-2)14(19(20)23-3)8-12-4-6-16-18(9-12)25-11-24-16/h4-10H,11H2,1-3H3/b14-8+. The van der Waals surface area contributed by atoms with Gasteiger partial charge in [-0.15, -0.1) is 0 Å². The number of rotatable bonds is 5. The molecule has 0 fully saturated rings. The molecule has 1 aliphatic rings. The lowest BCUT2D eigenvalue weighted by Crippen LogP contribution is -2.04. The van der Waals surface area contributed by atoms with Gasteiger partial charge in [0.1, 0.15) is 0 Å². The molecule has 6 nitrogen and oxygen atoms in total. The average molecular weight is 342 g/mol. The van der Waals surface area contributed by atoms with Gasteiger partial charge in [0.15, 0.2) is 23.0 Å². The maximum absolute atomic E-state index is 12.3. The highest BCUT2D eigenvalue weighted by molar-refractivity contribution is 6.21. The summed E-state index contributed by atoms with van der Waals surface area (Å²) in [5.41, 5.74) is 1.84. The Labute approximate surface area is 145 Å². The van der Waals surface area contributed by atoms with Crippen LogP contribution in [0.15, 0.2) is 36.4 Å². The van der Waals surface area contributed by atoms with Crippen LogP contribution in [0.2, 0.25) is 0 Å². The number of ether oxygens (including phenoxy) is 5. The normalized spacial score (nSPS) is 12.7. The van der Waals surface area contributed by atoms with Gasteiger partial charge in [0.25, 0.3) is 0 Å². The van der Waals surface area contributed by atoms with Crippen LogP contribution in [-0.2, 0) is 9.53 Å². The third-order valence-electron chi connectivity index (χ3n) is 3.81. The summed E-state index contributed by atoms with van der Waals surface area (Å²) in [5, 5.41) is 0. The van der Waals surface area contributed by atoms with Gasteiger partial charge in [0, 0.05) is 0 Å². The summed E-state index contributed by atoms with van der Waals surface area (Å²) in [6, 6.07) is 10.7. The quantitative estimate of drug-likeness (QED) is 0.472. The van der Waals surface area contributed by atoms with Crippen LogP contribution in [0, 0.1) is 0 Å². The Morgan fingerprint density at radius 2 is 1.72 bits per heavy atom. The van der Waals surface area contributed by atoms with Gasteiger partial charge in [-0.3, -0.25) is 0 Å². The molecule has 0 bridgehead atoms. The first-order chi connectivity index (χ1) is 12.2. The summed E-state index contributed by atoms with van der Waals surface area (Å²) in [6.07, 6.45) is 1.73. The first-order valence-corrected chi connectivity index (χ1v) is 7.58. The van der Waals surface area contributed by atoms with Crippen LogP contribution in [-0.4, -0.2) is 34.1 Å². The van der Waals surface area contributed by atoms with Gasteiger partial charge in [-0.05, 0) is 41.5 Å². The first kappa shape index (κ1) is 16.7. The van der Waals surface area contributed by atoms with Crippen LogP contribution >= 0.6 is 0 Å². The molecule has 0 aromatic heterocycles. The van der Waals surface area contributed by atoms with E-state index in [9.17, 15) is 4.79 Å². The minimum Gasteiger partial charge on any atom is -0.493 e. The summed E-state index contributed by atoms with van der Waals surface area (Å²) in [5.74, 6) is 1.98. The Kier molecular flexibility index (Phi) is 4.79. The van der Waals surface area contributed by atoms with Crippen molar-refractivity contribution in [2.75, 3.05) is 28.1 Å². The molecule has 1 aliphatic heterocycles. The van der Waals surface area contributed by atoms with Crippen molar-refractivity contribution in [2.24, 2.45) is 0 Å². The van der Waals surface area contributed by atoms with Gasteiger partial charge in [-0.1, -0.05) is 12.1 Å². The lowest BCUT2D eigenvalue weighted by molar-refractivity contribution is -0.133. The van der Waals surface area contributed by atoms with Gasteiger partial charge in [0.05, 0.1) is 26.9 Å². The van der Waals surface area contributed by atoms with Crippen LogP contribution in [0.4, 0.5) is 0 Å². The summed E-state index contributed by atoms with van der Waals surface area (Å²) < 4.78 is 26.2. The molecule has 0 unspecified atom stereocenters. The summed E-state index contributed by atoms with van der Waals surface area (Å²) >= 11 is 0. The predicted molar refractivity (Wildman–Crippen MR) is 92.0 cm³/mol. The molecule has 1 heterocycles. The monoisotopic (exact) mass is 342 g/mol. The molecule has 2 aromatic carbocycles. The molecular weight excluding hydrogens is 324 g/mol. The number of fused-ring (bicyclic) bond motifs is 1. The zero-order chi connectivity index (χ0) is 17.8. The Morgan fingerprint density at radius 1 is 0.960 bits per heavy atom. The minimum absolute atomic E-state index is 0.196. The van der Waals surface area contributed by atoms with E-state index in [1.165, 1.54) is 7.11 Å². The second-order valence-electron chi connectivity index (χ2n) is 5.23. The Bertz CT molecular complexity index is 825. The van der Waals surface area contributed by atoms with E-state index < -0.39 is 5.97 Å². The molecule has 6 heteroatoms. The highest BCUT2D eigenvalue weighted by Crippen LogP contribution is 2.35. The maximum Gasteiger partial charge on any atom is 0.338 e. The third-order valence-corrected chi connectivity index (χ3v) is 3.81. The van der Waals surface area contributed by atoms with E-state index in [-0.39, 0.29) is 6.79 Å². The van der Waals surface area contributed by atoms with E-state index in [2.05, 4.69) is 0 Å². The number of esters is 1. The number of benzene rings is 2. The predicted octanol–water partition coefficient (Wildman–Crippen LogP) is 3.15. The van der Waals surface area contributed by atoms with Gasteiger partial charge in [0.2, 0.25) is 6.79 Å². The van der Waals surface area contributed by atoms with Crippen molar-refractivity contribution in [2.45, 2.75) is 0 Å². The minimum atomic E-state index is -0.454. The number of hydrogen-bond acceptors (Lipinski definition) is 6. The molecule has 0 atom stereocenters. The van der Waals surface area contributed by atoms with E-state index in [4.69, 9.17) is 23.7 Å². The van der Waals surface area contributed by atoms with Crippen molar-refractivity contribution in [3.8, 4) is 23.0 Å². The number of methoxy groups -OCH3 is 3. The number of hydrogen-bond donors (Lipinski definition) is 0. The topological polar surface area (TPSA) is 63.2 Å². The molecular formula is C19H18O6. The third kappa shape index (κ3) is 3.38. The molecule has 0 amide bonds. The van der Waals surface area contributed by atoms with Crippen LogP contribution < -0.4 is 18.9 Å². The highest BCUT2D eigenvalue weighted by Gasteiger charge is 2.17. The molecule has 0 saturated carbocycles. The van der Waals surface area contributed by atoms with Crippen LogP contribution in [0.25, 0.3) is 11.6 Å². The largest absolute Gasteiger partial charge is 0.493 e. The van der Waals surface area contributed by atoms with Gasteiger partial charge >= 0.3 is 5.97 Å². The molecule has 0 radical (unpaired) electrons. The SMILES string of the molecule is COC(=O)/C(=C/c1ccc2c(c1)OCO2)c1ccc(OC)c(OC)c1. The zero-order valence-electron chi connectivity index (χ0n) is 14.2. The van der Waals surface area contributed by atoms with Crippen molar-refractivity contribution >= 4 is 17.6 Å². The van der Waals surface area contributed by atoms with E-state index in [1.54, 1.807) is 44.6 Å². The highest BCUT2D eigenvalue weighted by atomic mass is 16.7. The van der Waals surface area contributed by atoms with Crippen LogP contribution in [0.1, 0.15) is 11.1 Å². The number of carbonyl (C=O) groups excluding carboxylic acids is 1. The average Bonchev–Trinajstić information content (AvgIpc) is 3.12. The molecule has 3 rings (SSSR count). The summed E-state index contributed by atoms with van der Waals surface area (Å²) in [4.78, 5) is 12.3. The van der Waals surface area contributed by atoms with E-state index in [1.807, 2.05) is 12.1 Å². The van der Waals surface area contributed by atoms with Crippen molar-refractivity contribution in [3.05, 3.63) is 47.5 Å². The Morgan fingerprint density at radius 3 is 2.44 bits per heavy atom. The van der Waals surface area contributed by atoms with Gasteiger partial charge < -0.3 is 23.7 Å².